The van der Waals surface area contributed by atoms with Gasteiger partial charge in [-0.05, 0) is 38.7 Å². The third-order valence-electron chi connectivity index (χ3n) is 6.16. The fourth-order valence-corrected chi connectivity index (χ4v) is 4.53. The van der Waals surface area contributed by atoms with E-state index in [0.717, 1.165) is 55.7 Å². The summed E-state index contributed by atoms with van der Waals surface area (Å²) in [6, 6.07) is 6.45. The molecule has 0 unspecified atom stereocenters. The molecule has 3 aromatic rings. The van der Waals surface area contributed by atoms with Crippen LogP contribution < -0.4 is 15.0 Å². The molecule has 1 aliphatic carbocycles. The van der Waals surface area contributed by atoms with Crippen LogP contribution in [0.4, 0.5) is 11.6 Å². The minimum absolute atomic E-state index is 0.0915. The summed E-state index contributed by atoms with van der Waals surface area (Å²) in [5.41, 5.74) is 2.29. The molecule has 0 aromatic carbocycles. The highest BCUT2D eigenvalue weighted by atomic mass is 16.5. The van der Waals surface area contributed by atoms with Crippen molar-refractivity contribution in [3.05, 3.63) is 42.5 Å². The van der Waals surface area contributed by atoms with E-state index in [9.17, 15) is 5.26 Å². The number of hydrogen-bond acceptors (Lipinski definition) is 8. The average molecular weight is 434 g/mol. The normalized spacial score (nSPS) is 23.6. The van der Waals surface area contributed by atoms with Gasteiger partial charge in [0, 0.05) is 37.6 Å². The van der Waals surface area contributed by atoms with E-state index in [1.807, 2.05) is 12.3 Å². The zero-order chi connectivity index (χ0) is 21.9. The van der Waals surface area contributed by atoms with E-state index in [1.54, 1.807) is 23.1 Å². The predicted molar refractivity (Wildman–Crippen MR) is 120 cm³/mol. The maximum absolute atomic E-state index is 9.58. The summed E-state index contributed by atoms with van der Waals surface area (Å²) in [5, 5.41) is 17.4. The highest BCUT2D eigenvalue weighted by Gasteiger charge is 2.25. The van der Waals surface area contributed by atoms with E-state index in [0.29, 0.717) is 24.2 Å². The van der Waals surface area contributed by atoms with Crippen LogP contribution in [0.5, 0.6) is 5.75 Å². The number of nitriles is 1. The molecule has 32 heavy (non-hydrogen) atoms. The van der Waals surface area contributed by atoms with E-state index < -0.39 is 0 Å². The lowest BCUT2D eigenvalue weighted by molar-refractivity contribution is 0.0531. The number of ether oxygens (including phenoxy) is 2. The number of nitrogens with zero attached hydrogens (tertiary/aromatic N) is 6. The highest BCUT2D eigenvalue weighted by Crippen LogP contribution is 2.33. The monoisotopic (exact) mass is 433 g/mol. The van der Waals surface area contributed by atoms with Crippen molar-refractivity contribution < 1.29 is 9.47 Å². The molecule has 1 aliphatic heterocycles. The number of rotatable bonds is 5. The second kappa shape index (κ2) is 9.01. The number of anilines is 2. The minimum atomic E-state index is 0.0915. The first-order valence-corrected chi connectivity index (χ1v) is 11.2. The van der Waals surface area contributed by atoms with E-state index in [2.05, 4.69) is 44.3 Å². The van der Waals surface area contributed by atoms with Crippen molar-refractivity contribution in [3.8, 4) is 11.8 Å². The van der Waals surface area contributed by atoms with Crippen LogP contribution in [0.3, 0.4) is 0 Å². The van der Waals surface area contributed by atoms with Gasteiger partial charge in [0.1, 0.15) is 22.9 Å². The van der Waals surface area contributed by atoms with Gasteiger partial charge in [-0.25, -0.2) is 14.5 Å². The molecule has 2 aliphatic rings. The van der Waals surface area contributed by atoms with Gasteiger partial charge < -0.3 is 19.7 Å². The van der Waals surface area contributed by atoms with Crippen LogP contribution >= 0.6 is 0 Å². The Labute approximate surface area is 187 Å². The zero-order valence-corrected chi connectivity index (χ0v) is 18.1. The maximum Gasteiger partial charge on any atom is 0.222 e. The second-order valence-electron chi connectivity index (χ2n) is 8.46. The molecule has 1 atom stereocenters. The molecule has 1 N–H and O–H groups in total. The Hall–Kier alpha value is -3.38. The molecule has 1 saturated carbocycles. The van der Waals surface area contributed by atoms with Crippen LogP contribution in [0, 0.1) is 11.3 Å². The van der Waals surface area contributed by atoms with Crippen molar-refractivity contribution in [1.82, 2.24) is 19.6 Å². The number of nitrogens with one attached hydrogen (secondary N) is 1. The molecule has 5 rings (SSSR count). The summed E-state index contributed by atoms with van der Waals surface area (Å²) in [5.74, 6) is 1.39. The number of pyridine rings is 1. The van der Waals surface area contributed by atoms with Gasteiger partial charge in [-0.2, -0.15) is 10.4 Å². The third-order valence-corrected chi connectivity index (χ3v) is 6.16. The van der Waals surface area contributed by atoms with Gasteiger partial charge in [-0.1, -0.05) is 0 Å². The fourth-order valence-electron chi connectivity index (χ4n) is 4.53. The molecular weight excluding hydrogens is 406 g/mol. The Morgan fingerprint density at radius 2 is 2.03 bits per heavy atom. The zero-order valence-electron chi connectivity index (χ0n) is 18.1. The fraction of sp³-hybridized carbons (Fsp3) is 0.478. The Bertz CT molecular complexity index is 1100. The molecule has 0 spiro atoms. The Kier molecular flexibility index (Phi) is 5.77. The van der Waals surface area contributed by atoms with Gasteiger partial charge in [0.15, 0.2) is 0 Å². The standard InChI is InChI=1S/C23H27N7O2/c1-16-14-29(9-10-31-16)19-11-21(22-17(12-24)13-27-30(22)15-19)32-20-5-3-18(4-6-20)28-23-25-7-2-8-26-23/h2,7-8,11,13,15-16,18,20H,3-6,9-10,14H2,1H3,(H,25,26,28)/t16-,18?,20?/m1/s1. The lowest BCUT2D eigenvalue weighted by Crippen LogP contribution is -2.41. The Balaban J connectivity index is 1.33. The summed E-state index contributed by atoms with van der Waals surface area (Å²) < 4.78 is 14.0. The van der Waals surface area contributed by atoms with Crippen LogP contribution in [0.1, 0.15) is 38.2 Å². The molecule has 9 nitrogen and oxygen atoms in total. The molecule has 0 amide bonds. The van der Waals surface area contributed by atoms with E-state index in [-0.39, 0.29) is 12.2 Å². The first-order chi connectivity index (χ1) is 15.7. The second-order valence-corrected chi connectivity index (χ2v) is 8.46. The lowest BCUT2D eigenvalue weighted by atomic mass is 9.93. The Morgan fingerprint density at radius 1 is 1.22 bits per heavy atom. The molecular formula is C23H27N7O2. The molecule has 4 heterocycles. The van der Waals surface area contributed by atoms with Crippen LogP contribution in [0.25, 0.3) is 5.52 Å². The molecule has 166 valence electrons. The largest absolute Gasteiger partial charge is 0.488 e. The summed E-state index contributed by atoms with van der Waals surface area (Å²) in [6.45, 7) is 4.41. The maximum atomic E-state index is 9.58. The SMILES string of the molecule is C[C@@H]1CN(c2cc(OC3CCC(Nc4ncccn4)CC3)c3c(C#N)cnn3c2)CCO1. The minimum Gasteiger partial charge on any atom is -0.488 e. The van der Waals surface area contributed by atoms with Crippen molar-refractivity contribution in [2.24, 2.45) is 0 Å². The average Bonchev–Trinajstić information content (AvgIpc) is 3.24. The van der Waals surface area contributed by atoms with E-state index in [4.69, 9.17) is 9.47 Å². The first-order valence-electron chi connectivity index (χ1n) is 11.2. The van der Waals surface area contributed by atoms with E-state index in [1.165, 1.54) is 0 Å². The first kappa shape index (κ1) is 20.5. The van der Waals surface area contributed by atoms with Crippen molar-refractivity contribution >= 4 is 17.2 Å². The van der Waals surface area contributed by atoms with Gasteiger partial charge in [0.2, 0.25) is 5.95 Å². The Morgan fingerprint density at radius 3 is 2.78 bits per heavy atom. The summed E-state index contributed by atoms with van der Waals surface area (Å²) in [4.78, 5) is 10.8. The number of morpholine rings is 1. The number of fused-ring (bicyclic) bond motifs is 1. The van der Waals surface area contributed by atoms with Gasteiger partial charge in [0.25, 0.3) is 0 Å². The van der Waals surface area contributed by atoms with E-state index >= 15 is 0 Å². The van der Waals surface area contributed by atoms with Crippen molar-refractivity contribution in [3.63, 3.8) is 0 Å². The summed E-state index contributed by atoms with van der Waals surface area (Å²) >= 11 is 0. The van der Waals surface area contributed by atoms with Gasteiger partial charge in [-0.15, -0.1) is 0 Å². The van der Waals surface area contributed by atoms with Crippen LogP contribution in [-0.2, 0) is 4.74 Å². The van der Waals surface area contributed by atoms with Gasteiger partial charge in [0.05, 0.1) is 36.9 Å². The number of aromatic nitrogens is 4. The summed E-state index contributed by atoms with van der Waals surface area (Å²) in [7, 11) is 0. The molecule has 0 radical (unpaired) electrons. The van der Waals surface area contributed by atoms with Crippen LogP contribution in [0.2, 0.25) is 0 Å². The van der Waals surface area contributed by atoms with Crippen molar-refractivity contribution in [2.75, 3.05) is 29.9 Å². The van der Waals surface area contributed by atoms with Crippen LogP contribution in [-0.4, -0.2) is 57.5 Å². The van der Waals surface area contributed by atoms with Crippen molar-refractivity contribution in [2.45, 2.75) is 50.9 Å². The predicted octanol–water partition coefficient (Wildman–Crippen LogP) is 3.02. The third kappa shape index (κ3) is 4.32. The van der Waals surface area contributed by atoms with Gasteiger partial charge in [-0.3, -0.25) is 0 Å². The highest BCUT2D eigenvalue weighted by molar-refractivity contribution is 5.72. The molecule has 9 heteroatoms. The molecule has 3 aromatic heterocycles. The van der Waals surface area contributed by atoms with Crippen LogP contribution in [0.15, 0.2) is 36.9 Å². The smallest absolute Gasteiger partial charge is 0.222 e. The molecule has 1 saturated heterocycles. The summed E-state index contributed by atoms with van der Waals surface area (Å²) in [6.07, 6.45) is 11.1. The topological polar surface area (TPSA) is 101 Å². The van der Waals surface area contributed by atoms with Crippen molar-refractivity contribution in [1.29, 1.82) is 5.26 Å². The quantitative estimate of drug-likeness (QED) is 0.655. The molecule has 0 bridgehead atoms. The lowest BCUT2D eigenvalue weighted by Gasteiger charge is -2.33. The van der Waals surface area contributed by atoms with Gasteiger partial charge >= 0.3 is 0 Å². The molecule has 2 fully saturated rings. The number of hydrogen-bond donors (Lipinski definition) is 1.